The van der Waals surface area contributed by atoms with Crippen LogP contribution in [-0.2, 0) is 12.8 Å². The van der Waals surface area contributed by atoms with Gasteiger partial charge in [-0.15, -0.1) is 0 Å². The van der Waals surface area contributed by atoms with Crippen molar-refractivity contribution in [1.29, 1.82) is 0 Å². The molecule has 19 heavy (non-hydrogen) atoms. The van der Waals surface area contributed by atoms with E-state index in [1.807, 2.05) is 0 Å². The quantitative estimate of drug-likeness (QED) is 0.875. The number of nitrogens with zero attached hydrogens (tertiary/aromatic N) is 1. The summed E-state index contributed by atoms with van der Waals surface area (Å²) in [5.41, 5.74) is 4.61. The zero-order valence-corrected chi connectivity index (χ0v) is 12.9. The molecule has 1 aromatic rings. The van der Waals surface area contributed by atoms with Crippen molar-refractivity contribution in [3.8, 4) is 0 Å². The summed E-state index contributed by atoms with van der Waals surface area (Å²) in [6.45, 7) is 5.43. The fraction of sp³-hybridized carbons (Fsp3) is 0.647. The monoisotopic (exact) mass is 260 g/mol. The largest absolute Gasteiger partial charge is 0.313 e. The standard InChI is InChI=1S/C17H28N2/c1-13(2)18-12-17(19(3)4)16-10-9-14-7-5-6-8-15(14)11-16/h9-11,13,17-18H,5-8,12H2,1-4H3. The van der Waals surface area contributed by atoms with E-state index in [4.69, 9.17) is 0 Å². The van der Waals surface area contributed by atoms with E-state index in [1.54, 1.807) is 11.1 Å². The lowest BCUT2D eigenvalue weighted by molar-refractivity contribution is 0.283. The molecule has 0 saturated heterocycles. The number of hydrogen-bond acceptors (Lipinski definition) is 2. The Balaban J connectivity index is 2.16. The number of nitrogens with one attached hydrogen (secondary N) is 1. The first-order valence-electron chi connectivity index (χ1n) is 7.59. The van der Waals surface area contributed by atoms with E-state index in [0.717, 1.165) is 6.54 Å². The lowest BCUT2D eigenvalue weighted by Gasteiger charge is -2.28. The van der Waals surface area contributed by atoms with Crippen LogP contribution in [0.5, 0.6) is 0 Å². The minimum atomic E-state index is 0.467. The molecule has 0 aliphatic heterocycles. The normalized spacial score (nSPS) is 16.7. The van der Waals surface area contributed by atoms with Crippen LogP contribution in [0.2, 0.25) is 0 Å². The number of hydrogen-bond donors (Lipinski definition) is 1. The Bertz CT molecular complexity index is 410. The van der Waals surface area contributed by atoms with Crippen LogP contribution in [-0.4, -0.2) is 31.6 Å². The molecule has 0 bridgehead atoms. The summed E-state index contributed by atoms with van der Waals surface area (Å²) >= 11 is 0. The Kier molecular flexibility index (Phi) is 5.00. The van der Waals surface area contributed by atoms with Gasteiger partial charge in [-0.3, -0.25) is 0 Å². The summed E-state index contributed by atoms with van der Waals surface area (Å²) in [6.07, 6.45) is 5.25. The van der Waals surface area contributed by atoms with E-state index < -0.39 is 0 Å². The van der Waals surface area contributed by atoms with Gasteiger partial charge in [-0.2, -0.15) is 0 Å². The lowest BCUT2D eigenvalue weighted by atomic mass is 9.89. The molecule has 0 aromatic heterocycles. The highest BCUT2D eigenvalue weighted by atomic mass is 15.1. The fourth-order valence-corrected chi connectivity index (χ4v) is 2.91. The second-order valence-electron chi connectivity index (χ2n) is 6.28. The average molecular weight is 260 g/mol. The minimum absolute atomic E-state index is 0.467. The van der Waals surface area contributed by atoms with Gasteiger partial charge < -0.3 is 10.2 Å². The first kappa shape index (κ1) is 14.5. The average Bonchev–Trinajstić information content (AvgIpc) is 2.38. The maximum Gasteiger partial charge on any atom is 0.0467 e. The van der Waals surface area contributed by atoms with Crippen molar-refractivity contribution in [2.75, 3.05) is 20.6 Å². The second kappa shape index (κ2) is 6.53. The molecule has 1 aliphatic carbocycles. The number of benzene rings is 1. The zero-order chi connectivity index (χ0) is 13.8. The van der Waals surface area contributed by atoms with Gasteiger partial charge in [0.25, 0.3) is 0 Å². The van der Waals surface area contributed by atoms with Crippen molar-refractivity contribution >= 4 is 0 Å². The molecular weight excluding hydrogens is 232 g/mol. The third-order valence-corrected chi connectivity index (χ3v) is 4.10. The van der Waals surface area contributed by atoms with Crippen LogP contribution >= 0.6 is 0 Å². The molecule has 2 nitrogen and oxygen atoms in total. The van der Waals surface area contributed by atoms with E-state index >= 15 is 0 Å². The Morgan fingerprint density at radius 1 is 1.11 bits per heavy atom. The third kappa shape index (κ3) is 3.80. The molecule has 1 N–H and O–H groups in total. The van der Waals surface area contributed by atoms with E-state index in [1.165, 1.54) is 31.2 Å². The Morgan fingerprint density at radius 2 is 1.79 bits per heavy atom. The van der Waals surface area contributed by atoms with E-state index in [2.05, 4.69) is 56.4 Å². The van der Waals surface area contributed by atoms with Crippen molar-refractivity contribution in [3.05, 3.63) is 34.9 Å². The van der Waals surface area contributed by atoms with Crippen LogP contribution in [0.1, 0.15) is 49.4 Å². The van der Waals surface area contributed by atoms with Gasteiger partial charge >= 0.3 is 0 Å². The minimum Gasteiger partial charge on any atom is -0.313 e. The summed E-state index contributed by atoms with van der Waals surface area (Å²) in [4.78, 5) is 2.32. The predicted octanol–water partition coefficient (Wildman–Crippen LogP) is 3.17. The molecule has 1 aliphatic rings. The molecule has 0 amide bonds. The summed E-state index contributed by atoms with van der Waals surface area (Å²) in [5, 5.41) is 3.56. The highest BCUT2D eigenvalue weighted by molar-refractivity contribution is 5.35. The number of rotatable bonds is 5. The Morgan fingerprint density at radius 3 is 2.42 bits per heavy atom. The van der Waals surface area contributed by atoms with Crippen LogP contribution in [0.4, 0.5) is 0 Å². The molecule has 2 heteroatoms. The SMILES string of the molecule is CC(C)NCC(c1ccc2c(c1)CCCC2)N(C)C. The summed E-state index contributed by atoms with van der Waals surface area (Å²) in [6, 6.07) is 8.14. The molecule has 0 spiro atoms. The zero-order valence-electron chi connectivity index (χ0n) is 12.9. The van der Waals surface area contributed by atoms with E-state index in [0.29, 0.717) is 12.1 Å². The number of likely N-dealkylation sites (N-methyl/N-ethyl adjacent to an activating group) is 1. The smallest absolute Gasteiger partial charge is 0.0467 e. The van der Waals surface area contributed by atoms with E-state index in [-0.39, 0.29) is 0 Å². The molecule has 1 atom stereocenters. The maximum absolute atomic E-state index is 3.56. The van der Waals surface area contributed by atoms with Crippen molar-refractivity contribution in [2.45, 2.75) is 51.6 Å². The van der Waals surface area contributed by atoms with Gasteiger partial charge in [0.2, 0.25) is 0 Å². The van der Waals surface area contributed by atoms with Gasteiger partial charge in [0.15, 0.2) is 0 Å². The third-order valence-electron chi connectivity index (χ3n) is 4.10. The lowest BCUT2D eigenvalue weighted by Crippen LogP contribution is -2.34. The van der Waals surface area contributed by atoms with Gasteiger partial charge in [-0.1, -0.05) is 32.0 Å². The number of aryl methyl sites for hydroxylation is 2. The molecule has 0 radical (unpaired) electrons. The van der Waals surface area contributed by atoms with Crippen LogP contribution < -0.4 is 5.32 Å². The van der Waals surface area contributed by atoms with Crippen LogP contribution in [0, 0.1) is 0 Å². The van der Waals surface area contributed by atoms with Crippen LogP contribution in [0.3, 0.4) is 0 Å². The predicted molar refractivity (Wildman–Crippen MR) is 82.7 cm³/mol. The second-order valence-corrected chi connectivity index (χ2v) is 6.28. The van der Waals surface area contributed by atoms with Gasteiger partial charge in [0, 0.05) is 18.6 Å². The van der Waals surface area contributed by atoms with Crippen molar-refractivity contribution in [1.82, 2.24) is 10.2 Å². The van der Waals surface area contributed by atoms with Gasteiger partial charge in [-0.25, -0.2) is 0 Å². The topological polar surface area (TPSA) is 15.3 Å². The Labute approximate surface area is 118 Å². The fourth-order valence-electron chi connectivity index (χ4n) is 2.91. The molecular formula is C17H28N2. The number of fused-ring (bicyclic) bond motifs is 1. The molecule has 1 aromatic carbocycles. The maximum atomic E-state index is 3.56. The molecule has 0 saturated carbocycles. The first-order chi connectivity index (χ1) is 9.08. The van der Waals surface area contributed by atoms with Gasteiger partial charge in [0.1, 0.15) is 0 Å². The first-order valence-corrected chi connectivity index (χ1v) is 7.59. The van der Waals surface area contributed by atoms with E-state index in [9.17, 15) is 0 Å². The summed E-state index contributed by atoms with van der Waals surface area (Å²) in [5.74, 6) is 0. The summed E-state index contributed by atoms with van der Waals surface area (Å²) in [7, 11) is 4.35. The highest BCUT2D eigenvalue weighted by Crippen LogP contribution is 2.26. The molecule has 2 rings (SSSR count). The van der Waals surface area contributed by atoms with Gasteiger partial charge in [-0.05, 0) is 56.5 Å². The molecule has 1 unspecified atom stereocenters. The molecule has 0 fully saturated rings. The van der Waals surface area contributed by atoms with Crippen LogP contribution in [0.25, 0.3) is 0 Å². The van der Waals surface area contributed by atoms with Crippen LogP contribution in [0.15, 0.2) is 18.2 Å². The van der Waals surface area contributed by atoms with Crippen molar-refractivity contribution in [2.24, 2.45) is 0 Å². The Hall–Kier alpha value is -0.860. The van der Waals surface area contributed by atoms with Crippen molar-refractivity contribution < 1.29 is 0 Å². The van der Waals surface area contributed by atoms with Crippen molar-refractivity contribution in [3.63, 3.8) is 0 Å². The van der Waals surface area contributed by atoms with Gasteiger partial charge in [0.05, 0.1) is 0 Å². The molecule has 0 heterocycles. The highest BCUT2D eigenvalue weighted by Gasteiger charge is 2.17. The summed E-state index contributed by atoms with van der Waals surface area (Å²) < 4.78 is 0. The molecule has 106 valence electrons.